The van der Waals surface area contributed by atoms with Gasteiger partial charge in [0.15, 0.2) is 0 Å². The molecule has 4 aromatic rings. The Balaban J connectivity index is 2.02. The van der Waals surface area contributed by atoms with E-state index in [0.29, 0.717) is 5.56 Å². The smallest absolute Gasteiger partial charge is 0.214 e. The molecule has 0 bridgehead atoms. The highest BCUT2D eigenvalue weighted by Gasteiger charge is 2.29. The fourth-order valence-corrected chi connectivity index (χ4v) is 3.61. The SMILES string of the molecule is O=[N+]([O-])CC(c1ccccc1F)c1c(-c2ccccc2)[nH]c2ccccc12. The maximum absolute atomic E-state index is 14.6. The van der Waals surface area contributed by atoms with Crippen LogP contribution in [-0.2, 0) is 0 Å². The molecule has 134 valence electrons. The Morgan fingerprint density at radius 2 is 1.59 bits per heavy atom. The van der Waals surface area contributed by atoms with Gasteiger partial charge in [0.05, 0.1) is 11.6 Å². The minimum absolute atomic E-state index is 0.330. The van der Waals surface area contributed by atoms with Gasteiger partial charge in [-0.1, -0.05) is 66.7 Å². The van der Waals surface area contributed by atoms with Crippen molar-refractivity contribution in [2.75, 3.05) is 6.54 Å². The van der Waals surface area contributed by atoms with E-state index in [-0.39, 0.29) is 11.5 Å². The number of halogens is 1. The second-order valence-electron chi connectivity index (χ2n) is 6.41. The fraction of sp³-hybridized carbons (Fsp3) is 0.0909. The van der Waals surface area contributed by atoms with Crippen LogP contribution in [0.2, 0.25) is 0 Å². The van der Waals surface area contributed by atoms with Crippen molar-refractivity contribution >= 4 is 10.9 Å². The topological polar surface area (TPSA) is 58.9 Å². The van der Waals surface area contributed by atoms with Crippen LogP contribution >= 0.6 is 0 Å². The van der Waals surface area contributed by atoms with Gasteiger partial charge in [0.2, 0.25) is 6.54 Å². The normalized spacial score (nSPS) is 12.2. The number of hydrogen-bond acceptors (Lipinski definition) is 2. The molecule has 0 saturated heterocycles. The third-order valence-corrected chi connectivity index (χ3v) is 4.77. The number of H-pyrrole nitrogens is 1. The van der Waals surface area contributed by atoms with Crippen molar-refractivity contribution in [3.05, 3.63) is 106 Å². The van der Waals surface area contributed by atoms with Crippen LogP contribution in [0.3, 0.4) is 0 Å². The summed E-state index contributed by atoms with van der Waals surface area (Å²) in [6.07, 6.45) is 0. The predicted octanol–water partition coefficient (Wildman–Crippen LogP) is 5.38. The molecule has 1 unspecified atom stereocenters. The number of aromatic amines is 1. The third kappa shape index (κ3) is 3.19. The van der Waals surface area contributed by atoms with Gasteiger partial charge < -0.3 is 4.98 Å². The Morgan fingerprint density at radius 3 is 2.33 bits per heavy atom. The number of benzene rings is 3. The third-order valence-electron chi connectivity index (χ3n) is 4.77. The molecular formula is C22H17FN2O2. The first kappa shape index (κ1) is 17.0. The van der Waals surface area contributed by atoms with E-state index in [0.717, 1.165) is 27.7 Å². The van der Waals surface area contributed by atoms with Gasteiger partial charge in [-0.05, 0) is 23.3 Å². The number of hydrogen-bond donors (Lipinski definition) is 1. The molecule has 5 heteroatoms. The van der Waals surface area contributed by atoms with Crippen LogP contribution in [0.5, 0.6) is 0 Å². The Kier molecular flexibility index (Phi) is 4.42. The van der Waals surface area contributed by atoms with Gasteiger partial charge in [0, 0.05) is 21.4 Å². The maximum atomic E-state index is 14.6. The van der Waals surface area contributed by atoms with Gasteiger partial charge in [-0.15, -0.1) is 0 Å². The van der Waals surface area contributed by atoms with E-state index < -0.39 is 11.7 Å². The number of aromatic nitrogens is 1. The molecule has 4 nitrogen and oxygen atoms in total. The van der Waals surface area contributed by atoms with Gasteiger partial charge in [0.1, 0.15) is 5.82 Å². The lowest BCUT2D eigenvalue weighted by atomic mass is 9.87. The fourth-order valence-electron chi connectivity index (χ4n) is 3.61. The van der Waals surface area contributed by atoms with E-state index in [1.165, 1.54) is 6.07 Å². The van der Waals surface area contributed by atoms with Gasteiger partial charge in [-0.25, -0.2) is 4.39 Å². The summed E-state index contributed by atoms with van der Waals surface area (Å²) in [5.74, 6) is -1.14. The van der Waals surface area contributed by atoms with Crippen molar-refractivity contribution in [2.45, 2.75) is 5.92 Å². The monoisotopic (exact) mass is 360 g/mol. The molecule has 0 aliphatic carbocycles. The van der Waals surface area contributed by atoms with Crippen LogP contribution < -0.4 is 0 Å². The van der Waals surface area contributed by atoms with Crippen molar-refractivity contribution in [1.82, 2.24) is 4.98 Å². The maximum Gasteiger partial charge on any atom is 0.214 e. The number of para-hydroxylation sites is 1. The molecule has 1 heterocycles. The zero-order valence-electron chi connectivity index (χ0n) is 14.4. The highest BCUT2D eigenvalue weighted by molar-refractivity contribution is 5.92. The lowest BCUT2D eigenvalue weighted by Crippen LogP contribution is -2.16. The van der Waals surface area contributed by atoms with Crippen molar-refractivity contribution in [1.29, 1.82) is 0 Å². The summed E-state index contributed by atoms with van der Waals surface area (Å²) < 4.78 is 14.6. The quantitative estimate of drug-likeness (QED) is 0.383. The number of nitrogens with one attached hydrogen (secondary N) is 1. The van der Waals surface area contributed by atoms with Gasteiger partial charge in [-0.3, -0.25) is 10.1 Å². The van der Waals surface area contributed by atoms with Crippen LogP contribution in [0, 0.1) is 15.9 Å². The summed E-state index contributed by atoms with van der Waals surface area (Å²) in [6, 6.07) is 23.5. The van der Waals surface area contributed by atoms with Gasteiger partial charge >= 0.3 is 0 Å². The molecule has 1 N–H and O–H groups in total. The summed E-state index contributed by atoms with van der Waals surface area (Å²) in [4.78, 5) is 14.4. The second-order valence-corrected chi connectivity index (χ2v) is 6.41. The summed E-state index contributed by atoms with van der Waals surface area (Å²) in [5.41, 5.74) is 3.64. The van der Waals surface area contributed by atoms with Crippen molar-refractivity contribution in [3.63, 3.8) is 0 Å². The Morgan fingerprint density at radius 1 is 0.926 bits per heavy atom. The number of rotatable bonds is 5. The molecule has 0 fully saturated rings. The lowest BCUT2D eigenvalue weighted by Gasteiger charge is -2.16. The average molecular weight is 360 g/mol. The minimum Gasteiger partial charge on any atom is -0.354 e. The number of fused-ring (bicyclic) bond motifs is 1. The van der Waals surface area contributed by atoms with E-state index in [4.69, 9.17) is 0 Å². The highest BCUT2D eigenvalue weighted by atomic mass is 19.1. The van der Waals surface area contributed by atoms with Gasteiger partial charge in [-0.2, -0.15) is 0 Å². The van der Waals surface area contributed by atoms with Crippen LogP contribution in [0.15, 0.2) is 78.9 Å². The zero-order chi connectivity index (χ0) is 18.8. The summed E-state index contributed by atoms with van der Waals surface area (Å²) in [5, 5.41) is 12.3. The van der Waals surface area contributed by atoms with E-state index in [1.807, 2.05) is 54.6 Å². The molecule has 27 heavy (non-hydrogen) atoms. The summed E-state index contributed by atoms with van der Waals surface area (Å²) in [7, 11) is 0. The second kappa shape index (κ2) is 7.03. The largest absolute Gasteiger partial charge is 0.354 e. The van der Waals surface area contributed by atoms with Crippen LogP contribution in [-0.4, -0.2) is 16.5 Å². The Bertz CT molecular complexity index is 1110. The van der Waals surface area contributed by atoms with Gasteiger partial charge in [0.25, 0.3) is 0 Å². The van der Waals surface area contributed by atoms with Crippen LogP contribution in [0.1, 0.15) is 17.0 Å². The van der Waals surface area contributed by atoms with Crippen LogP contribution in [0.4, 0.5) is 4.39 Å². The molecule has 0 saturated carbocycles. The molecule has 0 amide bonds. The summed E-state index contributed by atoms with van der Waals surface area (Å²) in [6.45, 7) is -0.386. The van der Waals surface area contributed by atoms with Crippen molar-refractivity contribution in [2.24, 2.45) is 0 Å². The van der Waals surface area contributed by atoms with E-state index in [1.54, 1.807) is 18.2 Å². The standard InChI is InChI=1S/C22H17FN2O2/c23-19-12-6-4-10-16(19)18(14-25(26)27)21-17-11-5-7-13-20(17)24-22(21)15-8-2-1-3-9-15/h1-13,18,24H,14H2. The number of nitro groups is 1. The first-order chi connectivity index (χ1) is 13.1. The molecule has 1 aromatic heterocycles. The van der Waals surface area contributed by atoms with E-state index >= 15 is 0 Å². The molecule has 3 aromatic carbocycles. The van der Waals surface area contributed by atoms with Crippen molar-refractivity contribution in [3.8, 4) is 11.3 Å². The predicted molar refractivity (Wildman–Crippen MR) is 104 cm³/mol. The highest BCUT2D eigenvalue weighted by Crippen LogP contribution is 2.39. The molecule has 0 radical (unpaired) electrons. The molecule has 0 spiro atoms. The first-order valence-electron chi connectivity index (χ1n) is 8.67. The van der Waals surface area contributed by atoms with Crippen LogP contribution in [0.25, 0.3) is 22.2 Å². The molecular weight excluding hydrogens is 343 g/mol. The minimum atomic E-state index is -0.701. The first-order valence-corrected chi connectivity index (χ1v) is 8.67. The van der Waals surface area contributed by atoms with E-state index in [2.05, 4.69) is 4.98 Å². The molecule has 4 rings (SSSR count). The Hall–Kier alpha value is -3.47. The average Bonchev–Trinajstić information content (AvgIpc) is 3.07. The van der Waals surface area contributed by atoms with E-state index in [9.17, 15) is 14.5 Å². The van der Waals surface area contributed by atoms with Crippen molar-refractivity contribution < 1.29 is 9.31 Å². The summed E-state index contributed by atoms with van der Waals surface area (Å²) >= 11 is 0. The zero-order valence-corrected chi connectivity index (χ0v) is 14.4. The molecule has 1 atom stereocenters. The Labute approximate surface area is 155 Å². The molecule has 0 aliphatic rings. The molecule has 0 aliphatic heterocycles. The lowest BCUT2D eigenvalue weighted by molar-refractivity contribution is -0.481. The number of nitrogens with zero attached hydrogens (tertiary/aromatic N) is 1.